The number of fused-ring (bicyclic) bond motifs is 1. The van der Waals surface area contributed by atoms with Crippen molar-refractivity contribution in [3.8, 4) is 0 Å². The third-order valence-electron chi connectivity index (χ3n) is 4.51. The van der Waals surface area contributed by atoms with E-state index in [4.69, 9.17) is 0 Å². The molecule has 24 heavy (non-hydrogen) atoms. The summed E-state index contributed by atoms with van der Waals surface area (Å²) in [6.45, 7) is 4.82. The highest BCUT2D eigenvalue weighted by Crippen LogP contribution is 2.20. The molecule has 2 fully saturated rings. The molecule has 0 radical (unpaired) electrons. The second-order valence-corrected chi connectivity index (χ2v) is 6.52. The van der Waals surface area contributed by atoms with Gasteiger partial charge < -0.3 is 20.4 Å². The first-order valence-corrected chi connectivity index (χ1v) is 8.19. The zero-order valence-electron chi connectivity index (χ0n) is 13.9. The van der Waals surface area contributed by atoms with Crippen LogP contribution in [0.15, 0.2) is 30.3 Å². The smallest absolute Gasteiger partial charge is 0.321 e. The van der Waals surface area contributed by atoms with Gasteiger partial charge in [0.25, 0.3) is 0 Å². The number of nitrogens with zero attached hydrogens (tertiary/aromatic N) is 2. The van der Waals surface area contributed by atoms with Gasteiger partial charge in [0.05, 0.1) is 6.54 Å². The summed E-state index contributed by atoms with van der Waals surface area (Å²) < 4.78 is 0. The van der Waals surface area contributed by atoms with Crippen LogP contribution in [0.4, 0.5) is 10.5 Å². The Labute approximate surface area is 141 Å². The molecule has 7 nitrogen and oxygen atoms in total. The van der Waals surface area contributed by atoms with Gasteiger partial charge in [0.1, 0.15) is 12.1 Å². The van der Waals surface area contributed by atoms with Crippen molar-refractivity contribution < 1.29 is 14.4 Å². The Hall–Kier alpha value is -2.57. The van der Waals surface area contributed by atoms with Crippen molar-refractivity contribution in [2.24, 2.45) is 5.92 Å². The number of benzene rings is 1. The van der Waals surface area contributed by atoms with Crippen LogP contribution in [0.25, 0.3) is 0 Å². The summed E-state index contributed by atoms with van der Waals surface area (Å²) in [5, 5.41) is 5.60. The Bertz CT molecular complexity index is 646. The molecule has 7 heteroatoms. The maximum absolute atomic E-state index is 12.5. The Kier molecular flexibility index (Phi) is 4.42. The molecule has 3 rings (SSSR count). The van der Waals surface area contributed by atoms with Crippen molar-refractivity contribution in [2.75, 3.05) is 25.0 Å². The Morgan fingerprint density at radius 2 is 1.92 bits per heavy atom. The Morgan fingerprint density at radius 1 is 1.21 bits per heavy atom. The third kappa shape index (κ3) is 3.06. The van der Waals surface area contributed by atoms with Gasteiger partial charge in [0.2, 0.25) is 11.8 Å². The average Bonchev–Trinajstić information content (AvgIpc) is 2.58. The van der Waals surface area contributed by atoms with E-state index in [0.717, 1.165) is 0 Å². The largest absolute Gasteiger partial charge is 0.342 e. The maximum atomic E-state index is 12.5. The molecule has 0 saturated carbocycles. The molecule has 1 aromatic rings. The summed E-state index contributed by atoms with van der Waals surface area (Å²) in [4.78, 5) is 40.4. The average molecular weight is 330 g/mol. The summed E-state index contributed by atoms with van der Waals surface area (Å²) in [5.41, 5.74) is 0.703. The number of para-hydroxylation sites is 1. The summed E-state index contributed by atoms with van der Waals surface area (Å²) in [6.07, 6.45) is 0. The van der Waals surface area contributed by atoms with Crippen LogP contribution in [0.5, 0.6) is 0 Å². The Morgan fingerprint density at radius 3 is 2.58 bits per heavy atom. The van der Waals surface area contributed by atoms with Crippen molar-refractivity contribution in [3.05, 3.63) is 30.3 Å². The highest BCUT2D eigenvalue weighted by Gasteiger charge is 2.45. The molecule has 0 spiro atoms. The monoisotopic (exact) mass is 330 g/mol. The number of piperazine rings is 2. The normalized spacial score (nSPS) is 23.8. The van der Waals surface area contributed by atoms with Gasteiger partial charge >= 0.3 is 6.03 Å². The van der Waals surface area contributed by atoms with Crippen LogP contribution < -0.4 is 10.6 Å². The van der Waals surface area contributed by atoms with Crippen LogP contribution >= 0.6 is 0 Å². The van der Waals surface area contributed by atoms with Crippen molar-refractivity contribution in [3.63, 3.8) is 0 Å². The van der Waals surface area contributed by atoms with Gasteiger partial charge in [-0.15, -0.1) is 0 Å². The molecule has 128 valence electrons. The molecule has 2 atom stereocenters. The predicted molar refractivity (Wildman–Crippen MR) is 89.3 cm³/mol. The predicted octanol–water partition coefficient (Wildman–Crippen LogP) is 0.886. The van der Waals surface area contributed by atoms with Crippen LogP contribution in [-0.2, 0) is 9.59 Å². The molecule has 4 amide bonds. The van der Waals surface area contributed by atoms with Gasteiger partial charge in [-0.05, 0) is 18.1 Å². The van der Waals surface area contributed by atoms with E-state index in [1.807, 2.05) is 32.0 Å². The van der Waals surface area contributed by atoms with Crippen molar-refractivity contribution >= 4 is 23.5 Å². The first-order chi connectivity index (χ1) is 11.5. The lowest BCUT2D eigenvalue weighted by Gasteiger charge is -2.45. The molecule has 2 heterocycles. The lowest BCUT2D eigenvalue weighted by atomic mass is 9.96. The molecule has 0 aliphatic carbocycles. The number of rotatable bonds is 2. The fraction of sp³-hybridized carbons (Fsp3) is 0.471. The van der Waals surface area contributed by atoms with Crippen LogP contribution in [0, 0.1) is 5.92 Å². The van der Waals surface area contributed by atoms with Crippen LogP contribution in [0.3, 0.4) is 0 Å². The van der Waals surface area contributed by atoms with E-state index in [9.17, 15) is 14.4 Å². The lowest BCUT2D eigenvalue weighted by Crippen LogP contribution is -2.70. The zero-order chi connectivity index (χ0) is 17.3. The second-order valence-electron chi connectivity index (χ2n) is 6.52. The molecule has 2 N–H and O–H groups in total. The minimum atomic E-state index is -0.609. The fourth-order valence-electron chi connectivity index (χ4n) is 3.12. The molecule has 1 aromatic carbocycles. The van der Waals surface area contributed by atoms with Gasteiger partial charge in [-0.1, -0.05) is 32.0 Å². The van der Waals surface area contributed by atoms with E-state index in [0.29, 0.717) is 18.8 Å². The molecule has 0 bridgehead atoms. The number of urea groups is 1. The minimum Gasteiger partial charge on any atom is -0.342 e. The van der Waals surface area contributed by atoms with E-state index >= 15 is 0 Å². The first-order valence-electron chi connectivity index (χ1n) is 8.19. The van der Waals surface area contributed by atoms with Gasteiger partial charge in [0, 0.05) is 18.8 Å². The van der Waals surface area contributed by atoms with Gasteiger partial charge in [-0.25, -0.2) is 4.79 Å². The molecule has 0 unspecified atom stereocenters. The number of nitrogens with one attached hydrogen (secondary N) is 2. The molecular weight excluding hydrogens is 308 g/mol. The Balaban J connectivity index is 1.67. The number of carbonyl (C=O) groups is 3. The van der Waals surface area contributed by atoms with E-state index in [-0.39, 0.29) is 30.3 Å². The highest BCUT2D eigenvalue weighted by atomic mass is 16.2. The van der Waals surface area contributed by atoms with Crippen molar-refractivity contribution in [1.82, 2.24) is 15.1 Å². The quantitative estimate of drug-likeness (QED) is 0.845. The molecule has 2 aliphatic heterocycles. The zero-order valence-corrected chi connectivity index (χ0v) is 13.9. The van der Waals surface area contributed by atoms with E-state index in [2.05, 4.69) is 10.6 Å². The third-order valence-corrected chi connectivity index (χ3v) is 4.51. The van der Waals surface area contributed by atoms with Gasteiger partial charge in [-0.2, -0.15) is 0 Å². The standard InChI is InChI=1S/C17H22N4O3/c1-11(2)14-16(23)21-9-8-20(10-13(21)15(22)19-14)17(24)18-12-6-4-3-5-7-12/h3-7,11,13-14H,8-10H2,1-2H3,(H,18,24)(H,19,22)/t13-,14-/m1/s1. The first kappa shape index (κ1) is 16.3. The summed E-state index contributed by atoms with van der Waals surface area (Å²) in [7, 11) is 0. The van der Waals surface area contributed by atoms with Crippen LogP contribution in [-0.4, -0.2) is 59.4 Å². The van der Waals surface area contributed by atoms with Crippen LogP contribution in [0.2, 0.25) is 0 Å². The number of anilines is 1. The number of hydrogen-bond acceptors (Lipinski definition) is 3. The van der Waals surface area contributed by atoms with Crippen molar-refractivity contribution in [1.29, 1.82) is 0 Å². The summed E-state index contributed by atoms with van der Waals surface area (Å²) >= 11 is 0. The lowest BCUT2D eigenvalue weighted by molar-refractivity contribution is -0.153. The topological polar surface area (TPSA) is 81.8 Å². The number of carbonyl (C=O) groups excluding carboxylic acids is 3. The molecule has 2 saturated heterocycles. The summed E-state index contributed by atoms with van der Waals surface area (Å²) in [6, 6.07) is 7.82. The minimum absolute atomic E-state index is 0.0433. The van der Waals surface area contributed by atoms with Crippen LogP contribution in [0.1, 0.15) is 13.8 Å². The second kappa shape index (κ2) is 6.51. The van der Waals surface area contributed by atoms with E-state index in [1.54, 1.807) is 21.9 Å². The van der Waals surface area contributed by atoms with E-state index in [1.165, 1.54) is 0 Å². The van der Waals surface area contributed by atoms with E-state index < -0.39 is 12.1 Å². The van der Waals surface area contributed by atoms with Crippen molar-refractivity contribution in [2.45, 2.75) is 25.9 Å². The summed E-state index contributed by atoms with van der Waals surface area (Å²) in [5.74, 6) is -0.204. The number of amides is 4. The molecular formula is C17H22N4O3. The molecule has 0 aromatic heterocycles. The van der Waals surface area contributed by atoms with Gasteiger partial charge in [0.15, 0.2) is 0 Å². The fourth-order valence-corrected chi connectivity index (χ4v) is 3.12. The number of hydrogen-bond donors (Lipinski definition) is 2. The van der Waals surface area contributed by atoms with Gasteiger partial charge in [-0.3, -0.25) is 9.59 Å². The maximum Gasteiger partial charge on any atom is 0.321 e. The molecule has 2 aliphatic rings. The SMILES string of the molecule is CC(C)[C@H]1NC(=O)[C@H]2CN(C(=O)Nc3ccccc3)CCN2C1=O. The highest BCUT2D eigenvalue weighted by molar-refractivity contribution is 5.98.